The third-order valence-corrected chi connectivity index (χ3v) is 3.95. The quantitative estimate of drug-likeness (QED) is 0.910. The zero-order valence-corrected chi connectivity index (χ0v) is 12.7. The molecule has 1 N–H and O–H groups in total. The Morgan fingerprint density at radius 3 is 2.79 bits per heavy atom. The summed E-state index contributed by atoms with van der Waals surface area (Å²) in [6, 6.07) is 4.28. The molecule has 0 saturated heterocycles. The Morgan fingerprint density at radius 1 is 1.32 bits per heavy atom. The lowest BCUT2D eigenvalue weighted by molar-refractivity contribution is 0.413. The Kier molecular flexibility index (Phi) is 4.56. The maximum absolute atomic E-state index is 5.53. The number of ether oxygens (including phenoxy) is 1. The molecular formula is C15H20N2OS. The van der Waals surface area contributed by atoms with Crippen LogP contribution in [0.2, 0.25) is 0 Å². The van der Waals surface area contributed by atoms with Gasteiger partial charge in [0, 0.05) is 23.9 Å². The number of thiazole rings is 1. The van der Waals surface area contributed by atoms with Gasteiger partial charge in [0.05, 0.1) is 17.8 Å². The number of hydrogen-bond acceptors (Lipinski definition) is 4. The smallest absolute Gasteiger partial charge is 0.131 e. The van der Waals surface area contributed by atoms with Crippen LogP contribution in [0.1, 0.15) is 16.1 Å². The number of nitrogens with one attached hydrogen (secondary N) is 1. The highest BCUT2D eigenvalue weighted by atomic mass is 32.1. The molecule has 0 bridgehead atoms. The highest BCUT2D eigenvalue weighted by molar-refractivity contribution is 7.09. The van der Waals surface area contributed by atoms with Crippen molar-refractivity contribution in [2.75, 3.05) is 20.7 Å². The van der Waals surface area contributed by atoms with Gasteiger partial charge in [-0.3, -0.25) is 0 Å². The Hall–Kier alpha value is -1.39. The molecule has 0 saturated carbocycles. The van der Waals surface area contributed by atoms with Crippen molar-refractivity contribution in [3.8, 4) is 17.0 Å². The molecule has 1 aromatic carbocycles. The molecule has 0 fully saturated rings. The van der Waals surface area contributed by atoms with Crippen LogP contribution in [0.4, 0.5) is 0 Å². The predicted molar refractivity (Wildman–Crippen MR) is 81.2 cm³/mol. The Bertz CT molecular complexity index is 563. The maximum atomic E-state index is 5.53. The molecule has 0 spiro atoms. The zero-order valence-electron chi connectivity index (χ0n) is 11.9. The van der Waals surface area contributed by atoms with Crippen molar-refractivity contribution in [1.29, 1.82) is 0 Å². The number of nitrogens with zero attached hydrogens (tertiary/aromatic N) is 1. The summed E-state index contributed by atoms with van der Waals surface area (Å²) < 4.78 is 5.53. The summed E-state index contributed by atoms with van der Waals surface area (Å²) in [4.78, 5) is 4.71. The van der Waals surface area contributed by atoms with Gasteiger partial charge in [-0.2, -0.15) is 0 Å². The average Bonchev–Trinajstić information content (AvgIpc) is 2.84. The highest BCUT2D eigenvalue weighted by Crippen LogP contribution is 2.34. The SMILES string of the molecule is CNCCc1nc(-c2cc(C)cc(C)c2OC)cs1. The average molecular weight is 276 g/mol. The van der Waals surface area contributed by atoms with Gasteiger partial charge in [0.1, 0.15) is 5.75 Å². The normalized spacial score (nSPS) is 10.7. The van der Waals surface area contributed by atoms with E-state index < -0.39 is 0 Å². The second-order valence-corrected chi connectivity index (χ2v) is 5.59. The molecule has 0 aliphatic rings. The molecule has 0 radical (unpaired) electrons. The highest BCUT2D eigenvalue weighted by Gasteiger charge is 2.12. The van der Waals surface area contributed by atoms with E-state index in [0.29, 0.717) is 0 Å². The Labute approximate surface area is 118 Å². The van der Waals surface area contributed by atoms with Crippen LogP contribution in [-0.2, 0) is 6.42 Å². The molecule has 2 aromatic rings. The molecule has 0 amide bonds. The summed E-state index contributed by atoms with van der Waals surface area (Å²) in [6.45, 7) is 5.13. The minimum atomic E-state index is 0.927. The number of rotatable bonds is 5. The van der Waals surface area contributed by atoms with Crippen molar-refractivity contribution in [2.24, 2.45) is 0 Å². The van der Waals surface area contributed by atoms with Gasteiger partial charge in [0.25, 0.3) is 0 Å². The number of aromatic nitrogens is 1. The molecule has 19 heavy (non-hydrogen) atoms. The number of hydrogen-bond donors (Lipinski definition) is 1. The molecular weight excluding hydrogens is 256 g/mol. The standard InChI is InChI=1S/C15H20N2OS/c1-10-7-11(2)15(18-4)12(8-10)13-9-19-14(17-13)5-6-16-3/h7-9,16H,5-6H2,1-4H3. The van der Waals surface area contributed by atoms with Crippen LogP contribution >= 0.6 is 11.3 Å². The van der Waals surface area contributed by atoms with E-state index in [-0.39, 0.29) is 0 Å². The summed E-state index contributed by atoms with van der Waals surface area (Å²) in [5.41, 5.74) is 4.49. The lowest BCUT2D eigenvalue weighted by Crippen LogP contribution is -2.09. The first kappa shape index (κ1) is 14.0. The molecule has 4 heteroatoms. The van der Waals surface area contributed by atoms with Crippen LogP contribution < -0.4 is 10.1 Å². The van der Waals surface area contributed by atoms with Gasteiger partial charge in [-0.25, -0.2) is 4.98 Å². The van der Waals surface area contributed by atoms with E-state index in [9.17, 15) is 0 Å². The van der Waals surface area contributed by atoms with Crippen LogP contribution in [0.25, 0.3) is 11.3 Å². The molecule has 0 atom stereocenters. The first-order valence-electron chi connectivity index (χ1n) is 6.40. The Morgan fingerprint density at radius 2 is 2.11 bits per heavy atom. The van der Waals surface area contributed by atoms with Crippen molar-refractivity contribution in [3.05, 3.63) is 33.6 Å². The fourth-order valence-electron chi connectivity index (χ4n) is 2.20. The fraction of sp³-hybridized carbons (Fsp3) is 0.400. The van der Waals surface area contributed by atoms with Gasteiger partial charge < -0.3 is 10.1 Å². The topological polar surface area (TPSA) is 34.2 Å². The van der Waals surface area contributed by atoms with E-state index >= 15 is 0 Å². The molecule has 2 rings (SSSR count). The first-order chi connectivity index (χ1) is 9.15. The van der Waals surface area contributed by atoms with E-state index in [1.54, 1.807) is 18.4 Å². The van der Waals surface area contributed by atoms with Crippen LogP contribution in [0, 0.1) is 13.8 Å². The summed E-state index contributed by atoms with van der Waals surface area (Å²) in [6.07, 6.45) is 0.967. The minimum absolute atomic E-state index is 0.927. The molecule has 0 unspecified atom stereocenters. The van der Waals surface area contributed by atoms with Gasteiger partial charge in [-0.1, -0.05) is 6.07 Å². The summed E-state index contributed by atoms with van der Waals surface area (Å²) in [7, 11) is 3.68. The fourth-order valence-corrected chi connectivity index (χ4v) is 3.00. The third kappa shape index (κ3) is 3.14. The monoisotopic (exact) mass is 276 g/mol. The molecule has 1 heterocycles. The second kappa shape index (κ2) is 6.17. The number of aryl methyl sites for hydroxylation is 2. The largest absolute Gasteiger partial charge is 0.496 e. The predicted octanol–water partition coefficient (Wildman–Crippen LogP) is 3.20. The van der Waals surface area contributed by atoms with Gasteiger partial charge in [0.15, 0.2) is 0 Å². The van der Waals surface area contributed by atoms with E-state index in [0.717, 1.165) is 40.5 Å². The van der Waals surface area contributed by atoms with Crippen molar-refractivity contribution < 1.29 is 4.74 Å². The molecule has 3 nitrogen and oxygen atoms in total. The lowest BCUT2D eigenvalue weighted by atomic mass is 10.0. The number of likely N-dealkylation sites (N-methyl/N-ethyl adjacent to an activating group) is 1. The van der Waals surface area contributed by atoms with Gasteiger partial charge >= 0.3 is 0 Å². The van der Waals surface area contributed by atoms with Gasteiger partial charge in [0.2, 0.25) is 0 Å². The van der Waals surface area contributed by atoms with Crippen molar-refractivity contribution in [2.45, 2.75) is 20.3 Å². The minimum Gasteiger partial charge on any atom is -0.496 e. The van der Waals surface area contributed by atoms with Crippen LogP contribution in [0.15, 0.2) is 17.5 Å². The number of benzene rings is 1. The molecule has 0 aliphatic carbocycles. The van der Waals surface area contributed by atoms with Crippen molar-refractivity contribution >= 4 is 11.3 Å². The van der Waals surface area contributed by atoms with Crippen LogP contribution in [0.5, 0.6) is 5.75 Å². The van der Waals surface area contributed by atoms with Crippen LogP contribution in [0.3, 0.4) is 0 Å². The molecule has 102 valence electrons. The summed E-state index contributed by atoms with van der Waals surface area (Å²) in [5, 5.41) is 6.42. The molecule has 0 aliphatic heterocycles. The van der Waals surface area contributed by atoms with E-state index in [1.807, 2.05) is 7.05 Å². The van der Waals surface area contributed by atoms with Gasteiger partial charge in [-0.15, -0.1) is 11.3 Å². The second-order valence-electron chi connectivity index (χ2n) is 4.64. The zero-order chi connectivity index (χ0) is 13.8. The van der Waals surface area contributed by atoms with Gasteiger partial charge in [-0.05, 0) is 38.1 Å². The van der Waals surface area contributed by atoms with Crippen LogP contribution in [-0.4, -0.2) is 25.7 Å². The molecule has 1 aromatic heterocycles. The maximum Gasteiger partial charge on any atom is 0.131 e. The summed E-state index contributed by atoms with van der Waals surface area (Å²) >= 11 is 1.71. The summed E-state index contributed by atoms with van der Waals surface area (Å²) in [5.74, 6) is 0.927. The third-order valence-electron chi connectivity index (χ3n) is 3.04. The Balaban J connectivity index is 2.38. The lowest BCUT2D eigenvalue weighted by Gasteiger charge is -2.11. The van der Waals surface area contributed by atoms with Crippen molar-refractivity contribution in [1.82, 2.24) is 10.3 Å². The first-order valence-corrected chi connectivity index (χ1v) is 7.28. The van der Waals surface area contributed by atoms with E-state index in [1.165, 1.54) is 5.56 Å². The van der Waals surface area contributed by atoms with Crippen molar-refractivity contribution in [3.63, 3.8) is 0 Å². The van der Waals surface area contributed by atoms with E-state index in [2.05, 4.69) is 36.7 Å². The number of methoxy groups -OCH3 is 1. The van der Waals surface area contributed by atoms with E-state index in [4.69, 9.17) is 9.72 Å².